The monoisotopic (exact) mass is 270 g/mol. The Hall–Kier alpha value is -0.0800. The molecule has 116 valence electrons. The van der Waals surface area contributed by atoms with Gasteiger partial charge in [0.05, 0.1) is 0 Å². The molecule has 0 aliphatic heterocycles. The van der Waals surface area contributed by atoms with Crippen LogP contribution in [0.15, 0.2) is 0 Å². The first-order valence-corrected chi connectivity index (χ1v) is 8.56. The fourth-order valence-corrected chi connectivity index (χ4v) is 3.95. The van der Waals surface area contributed by atoms with Gasteiger partial charge in [-0.3, -0.25) is 4.90 Å². The van der Waals surface area contributed by atoms with Crippen LogP contribution < -0.4 is 5.32 Å². The molecule has 0 aromatic carbocycles. The summed E-state index contributed by atoms with van der Waals surface area (Å²) in [5.74, 6) is 0.741. The molecular formula is C17H38N2. The van der Waals surface area contributed by atoms with E-state index in [1.807, 2.05) is 0 Å². The van der Waals surface area contributed by atoms with E-state index in [4.69, 9.17) is 0 Å². The summed E-state index contributed by atoms with van der Waals surface area (Å²) in [6.45, 7) is 19.7. The molecule has 2 unspecified atom stereocenters. The van der Waals surface area contributed by atoms with E-state index >= 15 is 0 Å². The molecule has 0 heterocycles. The Bertz CT molecular complexity index is 207. The first-order chi connectivity index (χ1) is 9.07. The maximum absolute atomic E-state index is 3.82. The molecule has 0 bridgehead atoms. The molecule has 0 rings (SSSR count). The van der Waals surface area contributed by atoms with Gasteiger partial charge < -0.3 is 5.32 Å². The lowest BCUT2D eigenvalue weighted by atomic mass is 9.75. The van der Waals surface area contributed by atoms with Crippen molar-refractivity contribution in [3.05, 3.63) is 0 Å². The Morgan fingerprint density at radius 3 is 1.79 bits per heavy atom. The van der Waals surface area contributed by atoms with Crippen LogP contribution in [0.1, 0.15) is 74.1 Å². The number of rotatable bonds is 11. The van der Waals surface area contributed by atoms with Gasteiger partial charge in [0.25, 0.3) is 0 Å². The molecule has 2 nitrogen and oxygen atoms in total. The second kappa shape index (κ2) is 9.77. The summed E-state index contributed by atoms with van der Waals surface area (Å²) in [7, 11) is 0. The van der Waals surface area contributed by atoms with Crippen molar-refractivity contribution in [2.75, 3.05) is 19.6 Å². The quantitative estimate of drug-likeness (QED) is 0.602. The zero-order chi connectivity index (χ0) is 14.9. The molecule has 2 heteroatoms. The highest BCUT2D eigenvalue weighted by Gasteiger charge is 2.41. The third-order valence-corrected chi connectivity index (χ3v) is 4.93. The second-order valence-electron chi connectivity index (χ2n) is 5.78. The van der Waals surface area contributed by atoms with Crippen molar-refractivity contribution in [2.45, 2.75) is 85.7 Å². The fraction of sp³-hybridized carbons (Fsp3) is 1.00. The maximum atomic E-state index is 3.82. The van der Waals surface area contributed by atoms with Crippen LogP contribution in [0.3, 0.4) is 0 Å². The van der Waals surface area contributed by atoms with Gasteiger partial charge in [0.1, 0.15) is 0 Å². The first kappa shape index (κ1) is 18.9. The van der Waals surface area contributed by atoms with Gasteiger partial charge in [0.15, 0.2) is 0 Å². The number of nitrogens with one attached hydrogen (secondary N) is 1. The second-order valence-corrected chi connectivity index (χ2v) is 5.78. The molecule has 2 atom stereocenters. The van der Waals surface area contributed by atoms with E-state index in [-0.39, 0.29) is 0 Å². The van der Waals surface area contributed by atoms with E-state index in [1.54, 1.807) is 0 Å². The largest absolute Gasteiger partial charge is 0.312 e. The van der Waals surface area contributed by atoms with E-state index in [2.05, 4.69) is 58.7 Å². The van der Waals surface area contributed by atoms with Gasteiger partial charge in [0, 0.05) is 11.6 Å². The van der Waals surface area contributed by atoms with Gasteiger partial charge >= 0.3 is 0 Å². The van der Waals surface area contributed by atoms with E-state index in [1.165, 1.54) is 25.7 Å². The normalized spacial score (nSPS) is 15.8. The van der Waals surface area contributed by atoms with E-state index in [0.717, 1.165) is 25.6 Å². The van der Waals surface area contributed by atoms with Crippen molar-refractivity contribution in [1.82, 2.24) is 10.2 Å². The van der Waals surface area contributed by atoms with Crippen molar-refractivity contribution in [2.24, 2.45) is 5.92 Å². The molecule has 0 amide bonds. The van der Waals surface area contributed by atoms with Crippen LogP contribution >= 0.6 is 0 Å². The molecule has 0 saturated carbocycles. The smallest absolute Gasteiger partial charge is 0.0359 e. The fourth-order valence-electron chi connectivity index (χ4n) is 3.95. The zero-order valence-corrected chi connectivity index (χ0v) is 14.6. The molecule has 0 aromatic rings. The Kier molecular flexibility index (Phi) is 9.72. The van der Waals surface area contributed by atoms with Gasteiger partial charge in [-0.1, -0.05) is 54.9 Å². The van der Waals surface area contributed by atoms with Crippen LogP contribution in [0.25, 0.3) is 0 Å². The third-order valence-electron chi connectivity index (χ3n) is 4.93. The molecule has 0 aliphatic rings. The minimum absolute atomic E-state index is 0.314. The standard InChI is InChI=1S/C17H38N2/c1-8-14-15(7)16(18-11-4)17(9-2,10-3)19(12-5)13-6/h15-16,18H,8-14H2,1-7H3. The molecule has 0 saturated heterocycles. The average molecular weight is 271 g/mol. The van der Waals surface area contributed by atoms with Crippen molar-refractivity contribution < 1.29 is 0 Å². The summed E-state index contributed by atoms with van der Waals surface area (Å²) in [4.78, 5) is 2.69. The molecule has 19 heavy (non-hydrogen) atoms. The lowest BCUT2D eigenvalue weighted by Gasteiger charge is -2.50. The predicted molar refractivity (Wildman–Crippen MR) is 87.8 cm³/mol. The van der Waals surface area contributed by atoms with Gasteiger partial charge in [-0.05, 0) is 44.8 Å². The number of nitrogens with zero attached hydrogens (tertiary/aromatic N) is 1. The summed E-state index contributed by atoms with van der Waals surface area (Å²) in [5.41, 5.74) is 0.314. The summed E-state index contributed by atoms with van der Waals surface area (Å²) < 4.78 is 0. The topological polar surface area (TPSA) is 15.3 Å². The van der Waals surface area contributed by atoms with Crippen molar-refractivity contribution >= 4 is 0 Å². The van der Waals surface area contributed by atoms with Crippen LogP contribution in [-0.4, -0.2) is 36.1 Å². The highest BCUT2D eigenvalue weighted by Crippen LogP contribution is 2.33. The lowest BCUT2D eigenvalue weighted by Crippen LogP contribution is -2.63. The maximum Gasteiger partial charge on any atom is 0.0359 e. The minimum Gasteiger partial charge on any atom is -0.312 e. The Morgan fingerprint density at radius 2 is 1.47 bits per heavy atom. The van der Waals surface area contributed by atoms with Crippen molar-refractivity contribution in [3.63, 3.8) is 0 Å². The molecule has 1 N–H and O–H groups in total. The average Bonchev–Trinajstić information content (AvgIpc) is 2.43. The molecule has 0 fully saturated rings. The van der Waals surface area contributed by atoms with Crippen molar-refractivity contribution in [1.29, 1.82) is 0 Å². The zero-order valence-electron chi connectivity index (χ0n) is 14.6. The SMILES string of the molecule is CCCC(C)C(NCC)C(CC)(CC)N(CC)CC. The third kappa shape index (κ3) is 4.46. The molecule has 0 aliphatic carbocycles. The van der Waals surface area contributed by atoms with Gasteiger partial charge in [0.2, 0.25) is 0 Å². The molecule has 0 radical (unpaired) electrons. The van der Waals surface area contributed by atoms with E-state index in [0.29, 0.717) is 11.6 Å². The van der Waals surface area contributed by atoms with Crippen LogP contribution in [0.5, 0.6) is 0 Å². The predicted octanol–water partition coefficient (Wildman–Crippen LogP) is 4.30. The van der Waals surface area contributed by atoms with Crippen LogP contribution in [0.4, 0.5) is 0 Å². The van der Waals surface area contributed by atoms with Crippen molar-refractivity contribution in [3.8, 4) is 0 Å². The number of hydrogen-bond acceptors (Lipinski definition) is 2. The number of hydrogen-bond donors (Lipinski definition) is 1. The van der Waals surface area contributed by atoms with E-state index in [9.17, 15) is 0 Å². The molecular weight excluding hydrogens is 232 g/mol. The summed E-state index contributed by atoms with van der Waals surface area (Å²) in [5, 5.41) is 3.82. The summed E-state index contributed by atoms with van der Waals surface area (Å²) in [6.07, 6.45) is 5.07. The summed E-state index contributed by atoms with van der Waals surface area (Å²) in [6, 6.07) is 0.604. The molecule has 0 spiro atoms. The Morgan fingerprint density at radius 1 is 0.947 bits per heavy atom. The highest BCUT2D eigenvalue weighted by molar-refractivity contribution is 5.00. The lowest BCUT2D eigenvalue weighted by molar-refractivity contribution is 0.0283. The van der Waals surface area contributed by atoms with Crippen LogP contribution in [0.2, 0.25) is 0 Å². The van der Waals surface area contributed by atoms with Gasteiger partial charge in [-0.15, -0.1) is 0 Å². The highest BCUT2D eigenvalue weighted by atomic mass is 15.2. The minimum atomic E-state index is 0.314. The summed E-state index contributed by atoms with van der Waals surface area (Å²) >= 11 is 0. The molecule has 0 aromatic heterocycles. The van der Waals surface area contributed by atoms with Crippen LogP contribution in [-0.2, 0) is 0 Å². The van der Waals surface area contributed by atoms with Gasteiger partial charge in [-0.2, -0.15) is 0 Å². The first-order valence-electron chi connectivity index (χ1n) is 8.56. The van der Waals surface area contributed by atoms with Crippen LogP contribution in [0, 0.1) is 5.92 Å². The van der Waals surface area contributed by atoms with E-state index < -0.39 is 0 Å². The Labute approximate surface area is 122 Å². The Balaban J connectivity index is 5.34. The van der Waals surface area contributed by atoms with Gasteiger partial charge in [-0.25, -0.2) is 0 Å². The number of likely N-dealkylation sites (N-methyl/N-ethyl adjacent to an activating group) is 2.